The van der Waals surface area contributed by atoms with Gasteiger partial charge in [0, 0.05) is 0 Å². The van der Waals surface area contributed by atoms with Crippen LogP contribution in [0.15, 0.2) is 47.1 Å². The lowest BCUT2D eigenvalue weighted by atomic mass is 10.1. The van der Waals surface area contributed by atoms with Gasteiger partial charge in [0.1, 0.15) is 12.6 Å². The molecule has 3 rings (SSSR count). The molecule has 0 saturated carbocycles. The number of benzene rings is 1. The second kappa shape index (κ2) is 9.42. The monoisotopic (exact) mass is 416 g/mol. The molecule has 29 heavy (non-hydrogen) atoms. The number of imide groups is 1. The first-order valence-electron chi connectivity index (χ1n) is 8.98. The zero-order valence-corrected chi connectivity index (χ0v) is 16.6. The summed E-state index contributed by atoms with van der Waals surface area (Å²) in [5.41, 5.74) is 0.680. The second-order valence-corrected chi connectivity index (χ2v) is 7.25. The van der Waals surface area contributed by atoms with Crippen LogP contribution in [0.25, 0.3) is 0 Å². The Balaban J connectivity index is 1.55. The fourth-order valence-electron chi connectivity index (χ4n) is 2.90. The summed E-state index contributed by atoms with van der Waals surface area (Å²) in [4.78, 5) is 50.3. The van der Waals surface area contributed by atoms with Crippen molar-refractivity contribution in [3.8, 4) is 0 Å². The lowest BCUT2D eigenvalue weighted by Gasteiger charge is -2.18. The maximum absolute atomic E-state index is 12.4. The molecule has 2 aromatic rings. The van der Waals surface area contributed by atoms with Gasteiger partial charge in [0.05, 0.1) is 23.9 Å². The Morgan fingerprint density at radius 1 is 1.14 bits per heavy atom. The molecule has 1 atom stereocenters. The van der Waals surface area contributed by atoms with Crippen molar-refractivity contribution >= 4 is 35.5 Å². The molecular formula is C20H20N2O6S. The third-order valence-electron chi connectivity index (χ3n) is 4.38. The highest BCUT2D eigenvalue weighted by Crippen LogP contribution is 2.22. The second-order valence-electron chi connectivity index (χ2n) is 6.26. The van der Waals surface area contributed by atoms with Crippen molar-refractivity contribution in [3.05, 3.63) is 59.5 Å². The number of hydrogen-bond donors (Lipinski definition) is 1. The van der Waals surface area contributed by atoms with Crippen molar-refractivity contribution in [2.75, 3.05) is 25.2 Å². The predicted octanol–water partition coefficient (Wildman–Crippen LogP) is 1.97. The number of nitrogens with one attached hydrogen (secondary N) is 1. The predicted molar refractivity (Wildman–Crippen MR) is 106 cm³/mol. The third kappa shape index (κ3) is 4.68. The Morgan fingerprint density at radius 3 is 2.41 bits per heavy atom. The number of nitrogens with zero attached hydrogens (tertiary/aromatic N) is 1. The number of ether oxygens (including phenoxy) is 1. The number of fused-ring (bicyclic) bond motifs is 1. The first kappa shape index (κ1) is 20.7. The van der Waals surface area contributed by atoms with Gasteiger partial charge in [-0.2, -0.15) is 11.8 Å². The fraction of sp³-hybridized carbons (Fsp3) is 0.300. The van der Waals surface area contributed by atoms with Crippen molar-refractivity contribution in [3.63, 3.8) is 0 Å². The maximum Gasteiger partial charge on any atom is 0.328 e. The highest BCUT2D eigenvalue weighted by molar-refractivity contribution is 7.98. The van der Waals surface area contributed by atoms with Crippen LogP contribution in [0.5, 0.6) is 0 Å². The van der Waals surface area contributed by atoms with E-state index in [9.17, 15) is 19.2 Å². The number of esters is 1. The summed E-state index contributed by atoms with van der Waals surface area (Å²) in [5, 5.41) is 2.60. The summed E-state index contributed by atoms with van der Waals surface area (Å²) in [7, 11) is 0. The first-order valence-corrected chi connectivity index (χ1v) is 10.4. The van der Waals surface area contributed by atoms with E-state index in [1.165, 1.54) is 24.1 Å². The quantitative estimate of drug-likeness (QED) is 0.492. The van der Waals surface area contributed by atoms with E-state index in [-0.39, 0.29) is 18.9 Å². The van der Waals surface area contributed by atoms with Gasteiger partial charge in [-0.05, 0) is 42.7 Å². The molecule has 8 nitrogen and oxygen atoms in total. The number of rotatable bonds is 9. The number of carbonyl (C=O) groups is 4. The van der Waals surface area contributed by atoms with Gasteiger partial charge in [0.15, 0.2) is 5.76 Å². The molecule has 0 bridgehead atoms. The average Bonchev–Trinajstić information content (AvgIpc) is 3.35. The highest BCUT2D eigenvalue weighted by atomic mass is 32.2. The Morgan fingerprint density at radius 2 is 1.83 bits per heavy atom. The minimum atomic E-state index is -0.859. The summed E-state index contributed by atoms with van der Waals surface area (Å²) in [5.74, 6) is -1.23. The smallest absolute Gasteiger partial charge is 0.328 e. The number of carbonyl (C=O) groups excluding carboxylic acids is 4. The van der Waals surface area contributed by atoms with E-state index in [1.54, 1.807) is 30.3 Å². The van der Waals surface area contributed by atoms with Gasteiger partial charge in [-0.15, -0.1) is 0 Å². The van der Waals surface area contributed by atoms with Gasteiger partial charge in [0.2, 0.25) is 0 Å². The van der Waals surface area contributed by atoms with Crippen LogP contribution in [-0.2, 0) is 9.53 Å². The molecule has 0 aliphatic carbocycles. The minimum absolute atomic E-state index is 0.0561. The molecule has 1 aromatic heterocycles. The van der Waals surface area contributed by atoms with Crippen LogP contribution in [0.2, 0.25) is 0 Å². The van der Waals surface area contributed by atoms with E-state index in [0.717, 1.165) is 4.90 Å². The molecule has 0 spiro atoms. The summed E-state index contributed by atoms with van der Waals surface area (Å²) in [6.07, 6.45) is 3.63. The summed E-state index contributed by atoms with van der Waals surface area (Å²) < 4.78 is 10.3. The van der Waals surface area contributed by atoms with E-state index < -0.39 is 29.7 Å². The lowest BCUT2D eigenvalue weighted by molar-refractivity contribution is -0.146. The molecule has 3 amide bonds. The average molecular weight is 416 g/mol. The number of hydrogen-bond acceptors (Lipinski definition) is 7. The van der Waals surface area contributed by atoms with Crippen LogP contribution >= 0.6 is 11.8 Å². The van der Waals surface area contributed by atoms with E-state index in [2.05, 4.69) is 5.32 Å². The van der Waals surface area contributed by atoms with Crippen molar-refractivity contribution in [2.24, 2.45) is 0 Å². The molecule has 1 aromatic carbocycles. The highest BCUT2D eigenvalue weighted by Gasteiger charge is 2.35. The standard InChI is InChI=1S/C20H20N2O6S/c1-29-12-8-15(21-17(23)16-7-4-10-27-16)20(26)28-11-9-22-18(24)13-5-2-3-6-14(13)19(22)25/h2-7,10,15H,8-9,11-12H2,1H3,(H,21,23). The van der Waals surface area contributed by atoms with Crippen molar-refractivity contribution in [1.29, 1.82) is 0 Å². The van der Waals surface area contributed by atoms with E-state index in [0.29, 0.717) is 23.3 Å². The zero-order chi connectivity index (χ0) is 20.8. The minimum Gasteiger partial charge on any atom is -0.462 e. The van der Waals surface area contributed by atoms with Crippen LogP contribution in [0, 0.1) is 0 Å². The van der Waals surface area contributed by atoms with Gasteiger partial charge in [-0.25, -0.2) is 4.79 Å². The Kier molecular flexibility index (Phi) is 6.71. The van der Waals surface area contributed by atoms with Gasteiger partial charge in [-0.3, -0.25) is 19.3 Å². The molecule has 0 saturated heterocycles. The molecule has 0 fully saturated rings. The number of furan rings is 1. The van der Waals surface area contributed by atoms with Gasteiger partial charge in [0.25, 0.3) is 17.7 Å². The molecule has 9 heteroatoms. The van der Waals surface area contributed by atoms with Crippen LogP contribution < -0.4 is 5.32 Å². The van der Waals surface area contributed by atoms with Crippen molar-refractivity contribution < 1.29 is 28.3 Å². The summed E-state index contributed by atoms with van der Waals surface area (Å²) in [6.45, 7) is -0.212. The van der Waals surface area contributed by atoms with Crippen LogP contribution in [0.3, 0.4) is 0 Å². The summed E-state index contributed by atoms with van der Waals surface area (Å²) in [6, 6.07) is 8.76. The molecular weight excluding hydrogens is 396 g/mol. The lowest BCUT2D eigenvalue weighted by Crippen LogP contribution is -2.43. The third-order valence-corrected chi connectivity index (χ3v) is 5.03. The zero-order valence-electron chi connectivity index (χ0n) is 15.8. The maximum atomic E-state index is 12.4. The topological polar surface area (TPSA) is 106 Å². The van der Waals surface area contributed by atoms with Gasteiger partial charge >= 0.3 is 5.97 Å². The van der Waals surface area contributed by atoms with Gasteiger partial charge in [-0.1, -0.05) is 12.1 Å². The molecule has 1 unspecified atom stereocenters. The molecule has 2 heterocycles. The van der Waals surface area contributed by atoms with Crippen molar-refractivity contribution in [1.82, 2.24) is 10.2 Å². The summed E-state index contributed by atoms with van der Waals surface area (Å²) >= 11 is 1.53. The SMILES string of the molecule is CSCCC(NC(=O)c1ccco1)C(=O)OCCN1C(=O)c2ccccc2C1=O. The van der Waals surface area contributed by atoms with E-state index in [4.69, 9.17) is 9.15 Å². The Bertz CT molecular complexity index is 876. The molecule has 1 N–H and O–H groups in total. The number of thioether (sulfide) groups is 1. The van der Waals surface area contributed by atoms with Crippen LogP contribution in [0.1, 0.15) is 37.7 Å². The van der Waals surface area contributed by atoms with Crippen LogP contribution in [0.4, 0.5) is 0 Å². The number of amides is 3. The van der Waals surface area contributed by atoms with Crippen LogP contribution in [-0.4, -0.2) is 59.8 Å². The fourth-order valence-corrected chi connectivity index (χ4v) is 3.37. The van der Waals surface area contributed by atoms with E-state index >= 15 is 0 Å². The Labute approximate surface area is 171 Å². The van der Waals surface area contributed by atoms with Crippen molar-refractivity contribution in [2.45, 2.75) is 12.5 Å². The van der Waals surface area contributed by atoms with E-state index in [1.807, 2.05) is 6.26 Å². The largest absolute Gasteiger partial charge is 0.462 e. The normalized spacial score (nSPS) is 13.9. The Hall–Kier alpha value is -3.07. The molecule has 152 valence electrons. The molecule has 1 aliphatic heterocycles. The van der Waals surface area contributed by atoms with Gasteiger partial charge < -0.3 is 14.5 Å². The first-order chi connectivity index (χ1) is 14.0. The molecule has 0 radical (unpaired) electrons. The molecule has 1 aliphatic rings.